The van der Waals surface area contributed by atoms with Gasteiger partial charge < -0.3 is 110 Å². The zero-order chi connectivity index (χ0) is 72.2. The molecule has 42 nitrogen and oxygen atoms in total. The Bertz CT molecular complexity index is 5080. The van der Waals surface area contributed by atoms with Gasteiger partial charge in [0.25, 0.3) is 20.2 Å². The second-order valence-electron chi connectivity index (χ2n) is 19.7. The van der Waals surface area contributed by atoms with E-state index in [1.807, 2.05) is 0 Å². The lowest BCUT2D eigenvalue weighted by molar-refractivity contribution is 0.0651. The number of rotatable bonds is 28. The van der Waals surface area contributed by atoms with E-state index in [9.17, 15) is 118 Å². The van der Waals surface area contributed by atoms with Crippen molar-refractivity contribution in [1.29, 1.82) is 0 Å². The Morgan fingerprint density at radius 3 is 1.23 bits per heavy atom. The SMILES string of the molecule is O=C(O)c1cc(Nc2nc(NCCO)nc(Nc3cc(S(=O)(=O)O)cc4cc(S(O)(O)O)c(N=Nc5ccc(C(=O)O)c(OCO)c5)c(O)c34)n2)ccc1Nc1nc(NCCO)nc(Nc2cc(S(=O)(=O)O)cc3cc(S(O)(O)O)c(N=Nc4ccc(C(=O)O)c(C(=O)O)c4)c(O)c23)n1. The van der Waals surface area contributed by atoms with E-state index in [4.69, 9.17) is 4.74 Å². The van der Waals surface area contributed by atoms with Gasteiger partial charge in [-0.1, -0.05) is 0 Å². The van der Waals surface area contributed by atoms with Crippen molar-refractivity contribution in [1.82, 2.24) is 29.9 Å². The first kappa shape index (κ1) is 71.8. The zero-order valence-corrected chi connectivity index (χ0v) is 52.3. The molecule has 0 aliphatic carbocycles. The second kappa shape index (κ2) is 28.7. The minimum absolute atomic E-state index is 0.114. The standard InChI is InChI=1S/C53H48N16O26S4/c70-9-7-54-48-60-50(64-52(62-48)58-33-18-26(96(83,84)85)12-22-14-37(99(92,93)94)41(43(74)38(22)33)69-67-25-2-5-29(45(77)78)35(17-25)95-20-72)56-23-3-6-32(31(15-23)47(81)82)57-51-61-49(55-8-10-71)63-53(65-51)59-34-19-27(97(86,87)88)11-21-13-36(98(89,90)91)40(42(73)39(21)34)68-66-24-1-4-28(44(75)76)30(16-24)46(79)80/h1-6,11-19,70-74,89-94H,7-10,20H2,(H,75,76)(H,77,78)(H,79,80)(H,81,82)(H,83,84,85)(H,86,87,88)(H3,54,56,58,60,62,64)(H3,55,57,59,61,63,65). The normalized spacial score (nSPS) is 12.4. The maximum Gasteiger partial charge on any atom is 0.339 e. The van der Waals surface area contributed by atoms with Gasteiger partial charge in [0.1, 0.15) is 44.4 Å². The summed E-state index contributed by atoms with van der Waals surface area (Å²) in [6.45, 7) is -2.50. The van der Waals surface area contributed by atoms with Crippen molar-refractivity contribution in [2.45, 2.75) is 19.6 Å². The van der Waals surface area contributed by atoms with Gasteiger partial charge in [-0.15, -0.1) is 10.2 Å². The molecule has 23 N–H and O–H groups in total. The van der Waals surface area contributed by atoms with Gasteiger partial charge in [0.15, 0.2) is 18.3 Å². The summed E-state index contributed by atoms with van der Waals surface area (Å²) in [6, 6.07) is 13.5. The average Bonchev–Trinajstić information content (AvgIpc) is 0.752. The third-order valence-corrected chi connectivity index (χ3v) is 16.6. The van der Waals surface area contributed by atoms with E-state index in [2.05, 4.69) is 82.3 Å². The molecular weight excluding hydrogens is 1400 g/mol. The molecule has 0 bridgehead atoms. The summed E-state index contributed by atoms with van der Waals surface area (Å²) in [6.07, 6.45) is 0. The lowest BCUT2D eigenvalue weighted by Crippen LogP contribution is -2.13. The molecule has 0 amide bonds. The van der Waals surface area contributed by atoms with Crippen molar-refractivity contribution in [3.05, 3.63) is 113 Å². The molecule has 0 unspecified atom stereocenters. The largest absolute Gasteiger partial charge is 0.505 e. The smallest absolute Gasteiger partial charge is 0.339 e. The summed E-state index contributed by atoms with van der Waals surface area (Å²) >= 11 is 0. The van der Waals surface area contributed by atoms with Crippen molar-refractivity contribution in [3.8, 4) is 17.2 Å². The molecule has 0 spiro atoms. The third kappa shape index (κ3) is 16.7. The molecule has 0 aliphatic rings. The lowest BCUT2D eigenvalue weighted by Gasteiger charge is -2.23. The van der Waals surface area contributed by atoms with Crippen LogP contribution in [0.5, 0.6) is 17.2 Å². The number of benzene rings is 7. The van der Waals surface area contributed by atoms with Crippen molar-refractivity contribution >= 4 is 169 Å². The highest BCUT2D eigenvalue weighted by Gasteiger charge is 2.31. The number of aromatic hydroxyl groups is 2. The summed E-state index contributed by atoms with van der Waals surface area (Å²) < 4.78 is 139. The number of carboxylic acids is 4. The van der Waals surface area contributed by atoms with Crippen LogP contribution in [0, 0.1) is 0 Å². The molecule has 0 aliphatic heterocycles. The summed E-state index contributed by atoms with van der Waals surface area (Å²) in [7, 11) is -20.3. The molecule has 9 rings (SSSR count). The van der Waals surface area contributed by atoms with Crippen molar-refractivity contribution < 1.29 is 123 Å². The van der Waals surface area contributed by atoms with E-state index in [1.165, 1.54) is 6.07 Å². The number of hydrogen-bond acceptors (Lipinski definition) is 36. The molecule has 0 fully saturated rings. The number of ether oxygens (including phenoxy) is 1. The monoisotopic (exact) mass is 1450 g/mol. The predicted molar refractivity (Wildman–Crippen MR) is 346 cm³/mol. The Morgan fingerprint density at radius 2 is 0.828 bits per heavy atom. The Balaban J connectivity index is 1.09. The number of azo groups is 2. The van der Waals surface area contributed by atoms with Gasteiger partial charge in [-0.05, 0) is 95.7 Å². The fraction of sp³-hybridized carbons (Fsp3) is 0.0943. The van der Waals surface area contributed by atoms with Crippen molar-refractivity contribution in [2.24, 2.45) is 20.5 Å². The second-order valence-corrected chi connectivity index (χ2v) is 25.5. The number of hydrogen-bond donors (Lipinski definition) is 23. The number of phenols is 2. The van der Waals surface area contributed by atoms with Gasteiger partial charge in [-0.3, -0.25) is 9.11 Å². The molecule has 0 saturated carbocycles. The van der Waals surface area contributed by atoms with Crippen LogP contribution in [0.3, 0.4) is 0 Å². The quantitative estimate of drug-likeness (QED) is 0.0125. The zero-order valence-electron chi connectivity index (χ0n) is 49.1. The number of carboxylic acid groups (broad SMARTS) is 4. The Kier molecular flexibility index (Phi) is 20.8. The van der Waals surface area contributed by atoms with Crippen LogP contribution in [-0.4, -0.2) is 186 Å². The molecule has 0 atom stereocenters. The van der Waals surface area contributed by atoms with E-state index in [0.29, 0.717) is 0 Å². The number of carbonyl (C=O) groups is 4. The van der Waals surface area contributed by atoms with E-state index in [0.717, 1.165) is 84.9 Å². The van der Waals surface area contributed by atoms with Gasteiger partial charge in [0, 0.05) is 35.6 Å². The van der Waals surface area contributed by atoms with Crippen molar-refractivity contribution in [3.63, 3.8) is 0 Å². The molecule has 46 heteroatoms. The molecule has 2 heterocycles. The van der Waals surface area contributed by atoms with Gasteiger partial charge in [0.05, 0.1) is 77.9 Å². The maximum atomic E-state index is 13.0. The highest BCUT2D eigenvalue weighted by Crippen LogP contribution is 2.57. The Hall–Kier alpha value is -11.5. The molecular formula is C53H48N16O26S4. The fourth-order valence-corrected chi connectivity index (χ4v) is 11.5. The number of fused-ring (bicyclic) bond motifs is 2. The van der Waals surface area contributed by atoms with Crippen LogP contribution in [0.4, 0.5) is 81.2 Å². The summed E-state index contributed by atoms with van der Waals surface area (Å²) in [4.78, 5) is 69.8. The lowest BCUT2D eigenvalue weighted by atomic mass is 10.1. The van der Waals surface area contributed by atoms with Gasteiger partial charge in [-0.2, -0.15) is 57.0 Å². The topological polar surface area (TPSA) is 689 Å². The highest BCUT2D eigenvalue weighted by molar-refractivity contribution is 8.19. The Morgan fingerprint density at radius 1 is 0.424 bits per heavy atom. The number of phenolic OH excluding ortho intramolecular Hbond substituents is 2. The minimum Gasteiger partial charge on any atom is -0.505 e. The number of nitrogens with zero attached hydrogens (tertiary/aromatic N) is 10. The van der Waals surface area contributed by atoms with Crippen molar-refractivity contribution in [2.75, 3.05) is 65.0 Å². The first-order valence-corrected chi connectivity index (χ1v) is 32.8. The van der Waals surface area contributed by atoms with Gasteiger partial charge >= 0.3 is 23.9 Å². The molecule has 2 aromatic heterocycles. The molecule has 9 aromatic rings. The van der Waals surface area contributed by atoms with E-state index < -0.39 is 213 Å². The van der Waals surface area contributed by atoms with Crippen LogP contribution >= 0.6 is 21.7 Å². The average molecular weight is 1450 g/mol. The van der Waals surface area contributed by atoms with Crippen LogP contribution < -0.4 is 36.6 Å². The molecule has 7 aromatic carbocycles. The first-order valence-electron chi connectivity index (χ1n) is 26.9. The van der Waals surface area contributed by atoms with Crippen LogP contribution in [0.25, 0.3) is 21.5 Å². The number of aromatic nitrogens is 6. The van der Waals surface area contributed by atoms with E-state index in [1.54, 1.807) is 0 Å². The number of aromatic carboxylic acids is 4. The summed E-state index contributed by atoms with van der Waals surface area (Å²) in [5, 5.41) is 121. The molecule has 99 heavy (non-hydrogen) atoms. The van der Waals surface area contributed by atoms with E-state index in [-0.39, 0.29) is 47.7 Å². The molecule has 0 radical (unpaired) electrons. The van der Waals surface area contributed by atoms with Crippen LogP contribution in [0.15, 0.2) is 131 Å². The number of aliphatic hydroxyl groups is 3. The van der Waals surface area contributed by atoms with Crippen LogP contribution in [0.1, 0.15) is 41.4 Å². The number of nitrogens with one attached hydrogen (secondary N) is 6. The van der Waals surface area contributed by atoms with Crippen LogP contribution in [0.2, 0.25) is 0 Å². The maximum absolute atomic E-state index is 13.0. The highest BCUT2D eigenvalue weighted by atomic mass is 32.3. The van der Waals surface area contributed by atoms with Crippen LogP contribution in [-0.2, 0) is 20.2 Å². The fourth-order valence-electron chi connectivity index (χ4n) is 9.01. The minimum atomic E-state index is -5.21. The predicted octanol–water partition coefficient (Wildman–Crippen LogP) is 8.17. The number of anilines is 10. The van der Waals surface area contributed by atoms with Gasteiger partial charge in [-0.25, -0.2) is 19.2 Å². The molecule has 0 saturated heterocycles. The molecule has 520 valence electrons. The summed E-state index contributed by atoms with van der Waals surface area (Å²) in [5.74, 6) is -11.9. The number of aliphatic hydroxyl groups excluding tert-OH is 3. The third-order valence-electron chi connectivity index (χ3n) is 13.1. The first-order chi connectivity index (χ1) is 46.5. The Labute approximate surface area is 554 Å². The summed E-state index contributed by atoms with van der Waals surface area (Å²) in [5.41, 5.74) is -6.32. The van der Waals surface area contributed by atoms with E-state index >= 15 is 0 Å². The van der Waals surface area contributed by atoms with Gasteiger partial charge in [0.2, 0.25) is 35.7 Å².